The minimum atomic E-state index is 0.0357. The van der Waals surface area contributed by atoms with Gasteiger partial charge in [0.1, 0.15) is 24.2 Å². The molecule has 0 saturated carbocycles. The first kappa shape index (κ1) is 16.1. The van der Waals surface area contributed by atoms with Crippen LogP contribution in [0.15, 0.2) is 30.3 Å². The summed E-state index contributed by atoms with van der Waals surface area (Å²) >= 11 is 0. The Bertz CT molecular complexity index is 788. The van der Waals surface area contributed by atoms with Gasteiger partial charge in [-0.1, -0.05) is 19.9 Å². The lowest BCUT2D eigenvalue weighted by Crippen LogP contribution is -2.33. The zero-order valence-electron chi connectivity index (χ0n) is 15.3. The van der Waals surface area contributed by atoms with E-state index in [1.54, 1.807) is 0 Å². The van der Waals surface area contributed by atoms with E-state index < -0.39 is 0 Å². The van der Waals surface area contributed by atoms with Crippen LogP contribution in [-0.4, -0.2) is 26.7 Å². The van der Waals surface area contributed by atoms with E-state index in [4.69, 9.17) is 9.47 Å². The Morgan fingerprint density at radius 2 is 2.00 bits per heavy atom. The highest BCUT2D eigenvalue weighted by molar-refractivity contribution is 5.64. The summed E-state index contributed by atoms with van der Waals surface area (Å²) in [6.07, 6.45) is 2.02. The number of likely N-dealkylation sites (N-methyl/N-ethyl adjacent to an activating group) is 1. The van der Waals surface area contributed by atoms with E-state index in [1.165, 1.54) is 22.4 Å². The fourth-order valence-electron chi connectivity index (χ4n) is 3.74. The lowest BCUT2D eigenvalue weighted by molar-refractivity contribution is 0.198. The average molecular weight is 338 g/mol. The van der Waals surface area contributed by atoms with Gasteiger partial charge in [-0.3, -0.25) is 0 Å². The molecule has 0 radical (unpaired) electrons. The van der Waals surface area contributed by atoms with Gasteiger partial charge in [-0.2, -0.15) is 0 Å². The lowest BCUT2D eigenvalue weighted by Gasteiger charge is -2.35. The molecule has 0 amide bonds. The van der Waals surface area contributed by atoms with Gasteiger partial charge in [0.05, 0.1) is 17.9 Å². The predicted molar refractivity (Wildman–Crippen MR) is 102 cm³/mol. The summed E-state index contributed by atoms with van der Waals surface area (Å²) in [6.45, 7) is 6.80. The van der Waals surface area contributed by atoms with Gasteiger partial charge in [0.15, 0.2) is 0 Å². The van der Waals surface area contributed by atoms with Crippen LogP contribution in [0, 0.1) is 0 Å². The highest BCUT2D eigenvalue weighted by Gasteiger charge is 2.28. The molecule has 0 aliphatic carbocycles. The molecule has 4 rings (SSSR count). The molecule has 0 spiro atoms. The van der Waals surface area contributed by atoms with Crippen LogP contribution in [0.4, 0.5) is 11.4 Å². The van der Waals surface area contributed by atoms with E-state index in [9.17, 15) is 0 Å². The first-order valence-corrected chi connectivity index (χ1v) is 9.23. The van der Waals surface area contributed by atoms with E-state index in [0.29, 0.717) is 0 Å². The Kier molecular flexibility index (Phi) is 4.20. The normalized spacial score (nSPS) is 18.5. The van der Waals surface area contributed by atoms with Crippen molar-refractivity contribution in [3.63, 3.8) is 0 Å². The largest absolute Gasteiger partial charge is 0.490 e. The van der Waals surface area contributed by atoms with Crippen LogP contribution in [-0.2, 0) is 12.8 Å². The van der Waals surface area contributed by atoms with Crippen molar-refractivity contribution in [3.05, 3.63) is 47.0 Å². The Hall–Kier alpha value is -2.36. The number of nitrogens with one attached hydrogen (secondary N) is 1. The molecule has 4 nitrogen and oxygen atoms in total. The number of benzene rings is 2. The van der Waals surface area contributed by atoms with Crippen LogP contribution in [0.1, 0.15) is 36.6 Å². The quantitative estimate of drug-likeness (QED) is 0.910. The fourth-order valence-corrected chi connectivity index (χ4v) is 3.74. The van der Waals surface area contributed by atoms with Crippen molar-refractivity contribution in [3.8, 4) is 11.5 Å². The van der Waals surface area contributed by atoms with Gasteiger partial charge in [-0.05, 0) is 53.8 Å². The summed E-state index contributed by atoms with van der Waals surface area (Å²) < 4.78 is 12.3. The first-order chi connectivity index (χ1) is 12.2. The highest BCUT2D eigenvalue weighted by Crippen LogP contribution is 2.41. The van der Waals surface area contributed by atoms with Gasteiger partial charge >= 0.3 is 0 Å². The molecule has 1 atom stereocenters. The molecule has 2 heterocycles. The van der Waals surface area contributed by atoms with Crippen molar-refractivity contribution in [1.82, 2.24) is 0 Å². The summed E-state index contributed by atoms with van der Waals surface area (Å²) in [7, 11) is 2.14. The van der Waals surface area contributed by atoms with E-state index in [2.05, 4.69) is 61.4 Å². The van der Waals surface area contributed by atoms with Crippen molar-refractivity contribution in [2.45, 2.75) is 32.8 Å². The summed E-state index contributed by atoms with van der Waals surface area (Å²) in [6, 6.07) is 11.0. The van der Waals surface area contributed by atoms with Crippen LogP contribution in [0.2, 0.25) is 0 Å². The predicted octanol–water partition coefficient (Wildman–Crippen LogP) is 4.19. The highest BCUT2D eigenvalue weighted by atomic mass is 16.5. The third-order valence-electron chi connectivity index (χ3n) is 5.20. The van der Waals surface area contributed by atoms with Crippen LogP contribution < -0.4 is 19.7 Å². The maximum atomic E-state index is 6.45. The minimum absolute atomic E-state index is 0.0357. The van der Waals surface area contributed by atoms with Gasteiger partial charge < -0.3 is 19.7 Å². The molecule has 0 aromatic heterocycles. The molecule has 25 heavy (non-hydrogen) atoms. The molecule has 0 fully saturated rings. The maximum Gasteiger partial charge on any atom is 0.143 e. The lowest BCUT2D eigenvalue weighted by atomic mass is 9.96. The number of rotatable bonds is 3. The van der Waals surface area contributed by atoms with Gasteiger partial charge in [0.25, 0.3) is 0 Å². The molecule has 2 aliphatic heterocycles. The molecule has 0 bridgehead atoms. The molecular formula is C21H26N2O2. The molecule has 1 N–H and O–H groups in total. The number of nitrogens with zero attached hydrogens (tertiary/aromatic N) is 1. The van der Waals surface area contributed by atoms with Gasteiger partial charge in [0.2, 0.25) is 0 Å². The second-order valence-electron chi connectivity index (χ2n) is 6.82. The molecule has 0 saturated heterocycles. The number of hydrogen-bond acceptors (Lipinski definition) is 4. The van der Waals surface area contributed by atoms with E-state index in [1.807, 2.05) is 0 Å². The monoisotopic (exact) mass is 338 g/mol. The summed E-state index contributed by atoms with van der Waals surface area (Å²) in [5, 5.41) is 3.45. The molecule has 2 aromatic carbocycles. The topological polar surface area (TPSA) is 33.7 Å². The summed E-state index contributed by atoms with van der Waals surface area (Å²) in [5.41, 5.74) is 6.13. The first-order valence-electron chi connectivity index (χ1n) is 9.23. The van der Waals surface area contributed by atoms with Crippen LogP contribution in [0.3, 0.4) is 0 Å². The number of hydrogen-bond donors (Lipinski definition) is 1. The van der Waals surface area contributed by atoms with Crippen molar-refractivity contribution < 1.29 is 9.47 Å². The molecule has 2 aromatic rings. The summed E-state index contributed by atoms with van der Waals surface area (Å²) in [4.78, 5) is 2.30. The van der Waals surface area contributed by atoms with Gasteiger partial charge in [0, 0.05) is 13.6 Å². The van der Waals surface area contributed by atoms with Crippen molar-refractivity contribution in [2.75, 3.05) is 37.0 Å². The van der Waals surface area contributed by atoms with E-state index >= 15 is 0 Å². The summed E-state index contributed by atoms with van der Waals surface area (Å²) in [5.74, 6) is 1.95. The van der Waals surface area contributed by atoms with E-state index in [0.717, 1.165) is 49.7 Å². The van der Waals surface area contributed by atoms with Crippen molar-refractivity contribution in [2.24, 2.45) is 0 Å². The van der Waals surface area contributed by atoms with E-state index in [-0.39, 0.29) is 6.10 Å². The number of fused-ring (bicyclic) bond motifs is 2. The minimum Gasteiger partial charge on any atom is -0.490 e. The molecule has 1 unspecified atom stereocenters. The Labute approximate surface area is 149 Å². The molecule has 4 heteroatoms. The van der Waals surface area contributed by atoms with Crippen molar-refractivity contribution >= 4 is 11.4 Å². The van der Waals surface area contributed by atoms with Crippen LogP contribution in [0.25, 0.3) is 0 Å². The second kappa shape index (κ2) is 6.51. The van der Waals surface area contributed by atoms with Crippen LogP contribution in [0.5, 0.6) is 11.5 Å². The molecule has 2 aliphatic rings. The van der Waals surface area contributed by atoms with Crippen molar-refractivity contribution in [1.29, 1.82) is 0 Å². The number of ether oxygens (including phenoxy) is 2. The van der Waals surface area contributed by atoms with Crippen LogP contribution >= 0.6 is 0 Å². The smallest absolute Gasteiger partial charge is 0.143 e. The maximum absolute atomic E-state index is 6.45. The Balaban J connectivity index is 1.72. The third-order valence-corrected chi connectivity index (χ3v) is 5.20. The Morgan fingerprint density at radius 3 is 2.80 bits per heavy atom. The number of aryl methyl sites for hydroxylation is 2. The molecule has 132 valence electrons. The third kappa shape index (κ3) is 2.90. The standard InChI is InChI=1S/C21H26N2O2/c1-4-14-6-7-18-20(10-14)25-21(13-23(18)3)16-12-17-19(11-15(16)5-2)24-9-8-22-17/h6-7,10-12,21-22H,4-5,8-9,13H2,1-3H3. The average Bonchev–Trinajstić information content (AvgIpc) is 2.66. The SMILES string of the molecule is CCc1ccc2c(c1)OC(c1cc3c(cc1CC)OCCN3)CN2C. The molecular weight excluding hydrogens is 312 g/mol. The zero-order chi connectivity index (χ0) is 17.4. The number of anilines is 2. The fraction of sp³-hybridized carbons (Fsp3) is 0.429. The zero-order valence-corrected chi connectivity index (χ0v) is 15.3. The Morgan fingerprint density at radius 1 is 1.12 bits per heavy atom. The van der Waals surface area contributed by atoms with Gasteiger partial charge in [-0.25, -0.2) is 0 Å². The van der Waals surface area contributed by atoms with Gasteiger partial charge in [-0.15, -0.1) is 0 Å². The second-order valence-corrected chi connectivity index (χ2v) is 6.82.